The molecule has 0 atom stereocenters. The first-order valence-corrected chi connectivity index (χ1v) is 8.67. The molecule has 0 aliphatic carbocycles. The Morgan fingerprint density at radius 3 is 1.82 bits per heavy atom. The molecule has 0 unspecified atom stereocenters. The predicted octanol–water partition coefficient (Wildman–Crippen LogP) is 6.22. The molecule has 0 amide bonds. The highest BCUT2D eigenvalue weighted by atomic mass is 16.4. The Balaban J connectivity index is 3.35. The van der Waals surface area contributed by atoms with Crippen molar-refractivity contribution in [3.63, 3.8) is 0 Å². The van der Waals surface area contributed by atoms with E-state index in [-0.39, 0.29) is 0 Å². The van der Waals surface area contributed by atoms with Crippen molar-refractivity contribution in [2.75, 3.05) is 0 Å². The second kappa shape index (κ2) is 17.5. The third-order valence-corrected chi connectivity index (χ3v) is 3.40. The molecule has 0 bridgehead atoms. The average molecular weight is 304 g/mol. The molecule has 0 saturated heterocycles. The number of unbranched alkanes of at least 4 members (excludes halogenated alkanes) is 9. The summed E-state index contributed by atoms with van der Waals surface area (Å²) < 4.78 is 0. The van der Waals surface area contributed by atoms with Gasteiger partial charge in [-0.3, -0.25) is 0 Å². The Morgan fingerprint density at radius 1 is 0.727 bits per heavy atom. The van der Waals surface area contributed by atoms with Crippen LogP contribution in [0.5, 0.6) is 0 Å². The van der Waals surface area contributed by atoms with Gasteiger partial charge in [0.25, 0.3) is 0 Å². The van der Waals surface area contributed by atoms with Gasteiger partial charge in [0.05, 0.1) is 0 Å². The lowest BCUT2D eigenvalue weighted by molar-refractivity contribution is -0.131. The highest BCUT2D eigenvalue weighted by Gasteiger charge is 1.90. The monoisotopic (exact) mass is 304 g/mol. The summed E-state index contributed by atoms with van der Waals surface area (Å²) in [5, 5.41) is 8.39. The summed E-state index contributed by atoms with van der Waals surface area (Å²) in [4.78, 5) is 10.2. The number of carboxylic acids is 1. The van der Waals surface area contributed by atoms with Gasteiger partial charge in [0.2, 0.25) is 0 Å². The molecule has 0 aromatic carbocycles. The predicted molar refractivity (Wildman–Crippen MR) is 96.0 cm³/mol. The summed E-state index contributed by atoms with van der Waals surface area (Å²) in [5.41, 5.74) is 0. The fraction of sp³-hybridized carbons (Fsp3) is 0.550. The average Bonchev–Trinajstić information content (AvgIpc) is 2.50. The maximum Gasteiger partial charge on any atom is 0.328 e. The third-order valence-electron chi connectivity index (χ3n) is 3.40. The van der Waals surface area contributed by atoms with E-state index >= 15 is 0 Å². The van der Waals surface area contributed by atoms with Crippen LogP contribution in [0.15, 0.2) is 48.6 Å². The SMILES string of the molecule is CCCCCCCCCCC/C=C\C=C\C=CC=CC(=O)O. The van der Waals surface area contributed by atoms with Gasteiger partial charge in [-0.1, -0.05) is 101 Å². The molecule has 22 heavy (non-hydrogen) atoms. The topological polar surface area (TPSA) is 37.3 Å². The zero-order valence-electron chi connectivity index (χ0n) is 14.0. The number of carbonyl (C=O) groups is 1. The van der Waals surface area contributed by atoms with E-state index < -0.39 is 5.97 Å². The molecule has 2 nitrogen and oxygen atoms in total. The lowest BCUT2D eigenvalue weighted by atomic mass is 10.1. The molecule has 0 rings (SSSR count). The minimum Gasteiger partial charge on any atom is -0.478 e. The highest BCUT2D eigenvalue weighted by molar-refractivity contribution is 5.80. The van der Waals surface area contributed by atoms with Crippen molar-refractivity contribution in [2.45, 2.75) is 71.1 Å². The zero-order chi connectivity index (χ0) is 16.3. The van der Waals surface area contributed by atoms with Crippen LogP contribution < -0.4 is 0 Å². The lowest BCUT2D eigenvalue weighted by Gasteiger charge is -2.00. The fourth-order valence-corrected chi connectivity index (χ4v) is 2.14. The van der Waals surface area contributed by atoms with Gasteiger partial charge < -0.3 is 5.11 Å². The quantitative estimate of drug-likeness (QED) is 0.235. The molecule has 0 aliphatic heterocycles. The fourth-order valence-electron chi connectivity index (χ4n) is 2.14. The van der Waals surface area contributed by atoms with E-state index in [1.165, 1.54) is 63.9 Å². The van der Waals surface area contributed by atoms with Crippen molar-refractivity contribution in [3.05, 3.63) is 48.6 Å². The molecule has 0 spiro atoms. The standard InChI is InChI=1S/C20H32O2/c1-2-3-4-5-6-7-8-9-10-11-12-13-14-15-16-17-18-19-20(21)22/h12-19H,2-11H2,1H3,(H,21,22)/b13-12-,15-14+,17-16?,19-18?. The maximum atomic E-state index is 10.2. The Kier molecular flexibility index (Phi) is 16.2. The molecule has 1 N–H and O–H groups in total. The highest BCUT2D eigenvalue weighted by Crippen LogP contribution is 2.10. The summed E-state index contributed by atoms with van der Waals surface area (Å²) in [5.74, 6) is -0.922. The lowest BCUT2D eigenvalue weighted by Crippen LogP contribution is -1.84. The summed E-state index contributed by atoms with van der Waals surface area (Å²) in [7, 11) is 0. The molecule has 0 aliphatic rings. The van der Waals surface area contributed by atoms with Gasteiger partial charge in [0, 0.05) is 6.08 Å². The van der Waals surface area contributed by atoms with Crippen LogP contribution in [-0.4, -0.2) is 11.1 Å². The van der Waals surface area contributed by atoms with E-state index in [1.807, 2.05) is 18.2 Å². The van der Waals surface area contributed by atoms with Crippen molar-refractivity contribution >= 4 is 5.97 Å². The first-order valence-electron chi connectivity index (χ1n) is 8.67. The molecule has 0 fully saturated rings. The van der Waals surface area contributed by atoms with E-state index in [0.717, 1.165) is 12.5 Å². The van der Waals surface area contributed by atoms with Crippen molar-refractivity contribution in [1.29, 1.82) is 0 Å². The van der Waals surface area contributed by atoms with Gasteiger partial charge in [0.15, 0.2) is 0 Å². The molecule has 0 aromatic heterocycles. The van der Waals surface area contributed by atoms with Crippen LogP contribution >= 0.6 is 0 Å². The van der Waals surface area contributed by atoms with Crippen molar-refractivity contribution < 1.29 is 9.90 Å². The van der Waals surface area contributed by atoms with Gasteiger partial charge in [0.1, 0.15) is 0 Å². The molecule has 0 radical (unpaired) electrons. The van der Waals surface area contributed by atoms with Crippen LogP contribution in [0.3, 0.4) is 0 Å². The van der Waals surface area contributed by atoms with Crippen LogP contribution in [-0.2, 0) is 4.79 Å². The minimum atomic E-state index is -0.922. The molecular weight excluding hydrogens is 272 g/mol. The van der Waals surface area contributed by atoms with Crippen LogP contribution in [0, 0.1) is 0 Å². The summed E-state index contributed by atoms with van der Waals surface area (Å²) in [6.45, 7) is 2.26. The largest absolute Gasteiger partial charge is 0.478 e. The van der Waals surface area contributed by atoms with Crippen LogP contribution in [0.25, 0.3) is 0 Å². The number of hydrogen-bond acceptors (Lipinski definition) is 1. The number of carboxylic acid groups (broad SMARTS) is 1. The second-order valence-electron chi connectivity index (χ2n) is 5.51. The van der Waals surface area contributed by atoms with Gasteiger partial charge in [-0.25, -0.2) is 4.79 Å². The molecular formula is C20H32O2. The normalized spacial score (nSPS) is 12.4. The first-order chi connectivity index (χ1) is 10.8. The van der Waals surface area contributed by atoms with E-state index in [2.05, 4.69) is 19.1 Å². The van der Waals surface area contributed by atoms with Crippen molar-refractivity contribution in [3.8, 4) is 0 Å². The minimum absolute atomic E-state index is 0.922. The van der Waals surface area contributed by atoms with Crippen LogP contribution in [0.2, 0.25) is 0 Å². The van der Waals surface area contributed by atoms with E-state index in [0.29, 0.717) is 0 Å². The molecule has 0 heterocycles. The van der Waals surface area contributed by atoms with Crippen molar-refractivity contribution in [2.24, 2.45) is 0 Å². The Labute approximate surface area is 136 Å². The van der Waals surface area contributed by atoms with E-state index in [4.69, 9.17) is 5.11 Å². The number of rotatable bonds is 14. The molecule has 0 aromatic rings. The Morgan fingerprint density at radius 2 is 1.23 bits per heavy atom. The van der Waals surface area contributed by atoms with E-state index in [9.17, 15) is 4.79 Å². The van der Waals surface area contributed by atoms with Crippen LogP contribution in [0.4, 0.5) is 0 Å². The Hall–Kier alpha value is -1.57. The molecule has 124 valence electrons. The van der Waals surface area contributed by atoms with Gasteiger partial charge in [-0.2, -0.15) is 0 Å². The Bertz CT molecular complexity index is 362. The number of aliphatic carboxylic acids is 1. The van der Waals surface area contributed by atoms with Gasteiger partial charge >= 0.3 is 5.97 Å². The summed E-state index contributed by atoms with van der Waals surface area (Å²) >= 11 is 0. The van der Waals surface area contributed by atoms with Gasteiger partial charge in [-0.15, -0.1) is 0 Å². The third kappa shape index (κ3) is 18.4. The number of allylic oxidation sites excluding steroid dienone is 7. The molecule has 2 heteroatoms. The zero-order valence-corrected chi connectivity index (χ0v) is 14.0. The maximum absolute atomic E-state index is 10.2. The number of hydrogen-bond donors (Lipinski definition) is 1. The van der Waals surface area contributed by atoms with Crippen molar-refractivity contribution in [1.82, 2.24) is 0 Å². The van der Waals surface area contributed by atoms with Crippen LogP contribution in [0.1, 0.15) is 71.1 Å². The summed E-state index contributed by atoms with van der Waals surface area (Å²) in [6, 6.07) is 0. The second-order valence-corrected chi connectivity index (χ2v) is 5.51. The first kappa shape index (κ1) is 20.4. The smallest absolute Gasteiger partial charge is 0.328 e. The summed E-state index contributed by atoms with van der Waals surface area (Å²) in [6.07, 6.45) is 27.7. The van der Waals surface area contributed by atoms with E-state index in [1.54, 1.807) is 6.08 Å². The van der Waals surface area contributed by atoms with Gasteiger partial charge in [-0.05, 0) is 12.8 Å². The molecule has 0 saturated carbocycles.